The number of hydrogen-bond donors (Lipinski definition) is 8. The predicted molar refractivity (Wildman–Crippen MR) is 270 cm³/mol. The second-order valence-electron chi connectivity index (χ2n) is 20.0. The van der Waals surface area contributed by atoms with Crippen LogP contribution in [0.4, 0.5) is 0 Å². The highest BCUT2D eigenvalue weighted by Gasteiger charge is 2.44. The summed E-state index contributed by atoms with van der Waals surface area (Å²) in [6.45, 7) is 3.47. The zero-order chi connectivity index (χ0) is 48.3. The molecule has 9 atom stereocenters. The zero-order valence-corrected chi connectivity index (χ0v) is 42.7. The highest BCUT2D eigenvalue weighted by atomic mass is 16.7. The molecule has 11 nitrogen and oxygen atoms in total. The number of carbonyl (C=O) groups is 1. The van der Waals surface area contributed by atoms with Gasteiger partial charge in [0.2, 0.25) is 5.91 Å². The first-order valence-electron chi connectivity index (χ1n) is 28.1. The Morgan fingerprint density at radius 1 is 0.515 bits per heavy atom. The fraction of sp³-hybridized carbons (Fsp3) is 0.945. The van der Waals surface area contributed by atoms with Crippen LogP contribution in [0.5, 0.6) is 0 Å². The Balaban J connectivity index is 2.35. The minimum absolute atomic E-state index is 0.259. The van der Waals surface area contributed by atoms with Gasteiger partial charge in [-0.05, 0) is 38.5 Å². The summed E-state index contributed by atoms with van der Waals surface area (Å²) in [6.07, 6.45) is 39.8. The van der Waals surface area contributed by atoms with E-state index in [4.69, 9.17) is 9.47 Å². The molecule has 1 saturated heterocycles. The van der Waals surface area contributed by atoms with Crippen LogP contribution in [0.3, 0.4) is 0 Å². The van der Waals surface area contributed by atoms with Gasteiger partial charge in [0, 0.05) is 0 Å². The lowest BCUT2D eigenvalue weighted by atomic mass is 9.98. The molecule has 1 heterocycles. The quantitative estimate of drug-likeness (QED) is 0.0215. The molecule has 1 rings (SSSR count). The molecule has 0 radical (unpaired) electrons. The van der Waals surface area contributed by atoms with E-state index < -0.39 is 74.2 Å². The lowest BCUT2D eigenvalue weighted by molar-refractivity contribution is -0.303. The Bertz CT molecular complexity index is 1080. The number of unbranched alkanes of at least 4 members (excludes halogenated alkanes) is 34. The molecule has 1 fully saturated rings. The molecule has 0 aromatic carbocycles. The Morgan fingerprint density at radius 3 is 1.30 bits per heavy atom. The van der Waals surface area contributed by atoms with E-state index in [-0.39, 0.29) is 12.8 Å². The van der Waals surface area contributed by atoms with Crippen molar-refractivity contribution in [2.75, 3.05) is 13.2 Å². The van der Waals surface area contributed by atoms with Gasteiger partial charge < -0.3 is 50.5 Å². The monoisotopic (exact) mass is 942 g/mol. The maximum atomic E-state index is 13.2. The highest BCUT2D eigenvalue weighted by Crippen LogP contribution is 2.23. The van der Waals surface area contributed by atoms with Gasteiger partial charge in [0.15, 0.2) is 6.29 Å². The van der Waals surface area contributed by atoms with Crippen molar-refractivity contribution in [3.8, 4) is 0 Å². The number of nitrogens with one attached hydrogen (secondary N) is 1. The van der Waals surface area contributed by atoms with Crippen LogP contribution < -0.4 is 5.32 Å². The van der Waals surface area contributed by atoms with Crippen LogP contribution in [0.25, 0.3) is 0 Å². The van der Waals surface area contributed by atoms with Gasteiger partial charge in [0.1, 0.15) is 36.6 Å². The molecule has 8 N–H and O–H groups in total. The smallest absolute Gasteiger partial charge is 0.249 e. The van der Waals surface area contributed by atoms with Crippen molar-refractivity contribution in [1.29, 1.82) is 0 Å². The molecule has 0 saturated carbocycles. The van der Waals surface area contributed by atoms with E-state index in [1.54, 1.807) is 0 Å². The summed E-state index contributed by atoms with van der Waals surface area (Å²) in [6, 6.07) is -1.18. The number of aliphatic hydroxyl groups excluding tert-OH is 7. The van der Waals surface area contributed by atoms with Crippen LogP contribution in [0.15, 0.2) is 12.2 Å². The third-order valence-electron chi connectivity index (χ3n) is 13.8. The molecule has 0 bridgehead atoms. The van der Waals surface area contributed by atoms with Crippen LogP contribution in [0, 0.1) is 0 Å². The molecule has 11 heteroatoms. The summed E-state index contributed by atoms with van der Waals surface area (Å²) in [5.74, 6) is -0.701. The third kappa shape index (κ3) is 33.4. The largest absolute Gasteiger partial charge is 0.394 e. The molecule has 66 heavy (non-hydrogen) atoms. The minimum atomic E-state index is -1.66. The fourth-order valence-electron chi connectivity index (χ4n) is 9.21. The number of rotatable bonds is 48. The predicted octanol–water partition coefficient (Wildman–Crippen LogP) is 11.2. The average Bonchev–Trinajstić information content (AvgIpc) is 3.32. The van der Waals surface area contributed by atoms with Crippen molar-refractivity contribution in [2.24, 2.45) is 0 Å². The Kier molecular flexibility index (Phi) is 42.9. The van der Waals surface area contributed by atoms with Crippen molar-refractivity contribution >= 4 is 5.91 Å². The van der Waals surface area contributed by atoms with Crippen molar-refractivity contribution in [3.05, 3.63) is 12.2 Å². The van der Waals surface area contributed by atoms with Gasteiger partial charge in [-0.25, -0.2) is 0 Å². The van der Waals surface area contributed by atoms with Gasteiger partial charge in [-0.2, -0.15) is 0 Å². The summed E-state index contributed by atoms with van der Waals surface area (Å²) in [7, 11) is 0. The minimum Gasteiger partial charge on any atom is -0.394 e. The summed E-state index contributed by atoms with van der Waals surface area (Å²) in [4.78, 5) is 13.2. The van der Waals surface area contributed by atoms with Gasteiger partial charge in [-0.15, -0.1) is 0 Å². The summed E-state index contributed by atoms with van der Waals surface area (Å²) in [5, 5.41) is 76.0. The molecular weight excluding hydrogens is 835 g/mol. The van der Waals surface area contributed by atoms with Gasteiger partial charge in [-0.3, -0.25) is 4.79 Å². The standard InChI is InChI=1S/C55H107NO10/c1-3-5-7-9-11-13-15-17-19-21-23-25-27-29-31-33-35-37-39-41-43-48(59)54(64)56-46(45-65-55-53(63)52(62)51(61)49(44-57)66-55)50(60)47(58)42-40-38-36-34-32-30-28-26-24-22-20-18-16-14-12-10-8-6-4-2/h34,36,46-53,55,57-63H,3-33,35,37-45H2,1-2H3,(H,56,64)/b36-34+. The number of aliphatic hydroxyl groups is 7. The molecule has 392 valence electrons. The van der Waals surface area contributed by atoms with Crippen molar-refractivity contribution in [3.63, 3.8) is 0 Å². The number of carbonyl (C=O) groups excluding carboxylic acids is 1. The topological polar surface area (TPSA) is 189 Å². The van der Waals surface area contributed by atoms with Crippen LogP contribution in [0.1, 0.15) is 264 Å². The SMILES string of the molecule is CCCCCCCCCCCCCCCC/C=C/CCCC(O)C(O)C(COC1OC(CO)C(O)C(O)C1O)NC(=O)C(O)CCCCCCCCCCCCCCCCCCCCCC. The Hall–Kier alpha value is -1.15. The number of ether oxygens (including phenoxy) is 2. The highest BCUT2D eigenvalue weighted by molar-refractivity contribution is 5.80. The van der Waals surface area contributed by atoms with E-state index in [0.717, 1.165) is 38.5 Å². The number of hydrogen-bond acceptors (Lipinski definition) is 10. The van der Waals surface area contributed by atoms with Gasteiger partial charge in [0.05, 0.1) is 25.4 Å². The number of allylic oxidation sites excluding steroid dienone is 2. The Labute approximate surface area is 404 Å². The first kappa shape index (κ1) is 62.9. The molecule has 1 aliphatic rings. The molecule has 1 aliphatic heterocycles. The van der Waals surface area contributed by atoms with Crippen LogP contribution in [-0.4, -0.2) is 110 Å². The molecule has 1 amide bonds. The van der Waals surface area contributed by atoms with Crippen LogP contribution in [0.2, 0.25) is 0 Å². The first-order chi connectivity index (χ1) is 32.2. The Morgan fingerprint density at radius 2 is 0.894 bits per heavy atom. The average molecular weight is 942 g/mol. The maximum absolute atomic E-state index is 13.2. The second kappa shape index (κ2) is 45.0. The second-order valence-corrected chi connectivity index (χ2v) is 20.0. The lowest BCUT2D eigenvalue weighted by Crippen LogP contribution is -2.60. The van der Waals surface area contributed by atoms with E-state index in [0.29, 0.717) is 12.8 Å². The van der Waals surface area contributed by atoms with Gasteiger partial charge >= 0.3 is 0 Å². The van der Waals surface area contributed by atoms with Crippen LogP contribution >= 0.6 is 0 Å². The molecular formula is C55H107NO10. The van der Waals surface area contributed by atoms with E-state index in [2.05, 4.69) is 31.3 Å². The fourth-order valence-corrected chi connectivity index (χ4v) is 9.21. The van der Waals surface area contributed by atoms with Gasteiger partial charge in [-0.1, -0.05) is 238 Å². The van der Waals surface area contributed by atoms with Crippen molar-refractivity contribution < 1.29 is 50.0 Å². The number of amides is 1. The van der Waals surface area contributed by atoms with Crippen molar-refractivity contribution in [1.82, 2.24) is 5.32 Å². The van der Waals surface area contributed by atoms with Crippen molar-refractivity contribution in [2.45, 2.75) is 319 Å². The maximum Gasteiger partial charge on any atom is 0.249 e. The first-order valence-corrected chi connectivity index (χ1v) is 28.1. The van der Waals surface area contributed by atoms with E-state index >= 15 is 0 Å². The normalized spacial score (nSPS) is 20.8. The van der Waals surface area contributed by atoms with Gasteiger partial charge in [0.25, 0.3) is 0 Å². The van der Waals surface area contributed by atoms with E-state index in [9.17, 15) is 40.5 Å². The summed E-state index contributed by atoms with van der Waals surface area (Å²) < 4.78 is 11.1. The van der Waals surface area contributed by atoms with E-state index in [1.165, 1.54) is 186 Å². The summed E-state index contributed by atoms with van der Waals surface area (Å²) in [5.41, 5.74) is 0. The molecule has 0 aromatic heterocycles. The molecule has 9 unspecified atom stereocenters. The van der Waals surface area contributed by atoms with E-state index in [1.807, 2.05) is 0 Å². The molecule has 0 aliphatic carbocycles. The van der Waals surface area contributed by atoms with Crippen LogP contribution in [-0.2, 0) is 14.3 Å². The summed E-state index contributed by atoms with van der Waals surface area (Å²) >= 11 is 0. The third-order valence-corrected chi connectivity index (χ3v) is 13.8. The zero-order valence-electron chi connectivity index (χ0n) is 42.7. The lowest BCUT2D eigenvalue weighted by Gasteiger charge is -2.40. The molecule has 0 spiro atoms. The molecule has 0 aromatic rings.